The van der Waals surface area contributed by atoms with E-state index < -0.39 is 0 Å². The van der Waals surface area contributed by atoms with Crippen LogP contribution in [0.4, 0.5) is 10.6 Å². The molecule has 3 amide bonds. The Hall–Kier alpha value is -2.31. The van der Waals surface area contributed by atoms with E-state index in [4.69, 9.17) is 5.73 Å². The van der Waals surface area contributed by atoms with Crippen LogP contribution in [0.25, 0.3) is 0 Å². The largest absolute Gasteiger partial charge is 0.369 e. The zero-order valence-electron chi connectivity index (χ0n) is 13.9. The molecule has 0 spiro atoms. The zero-order valence-corrected chi connectivity index (χ0v) is 13.9. The minimum Gasteiger partial charge on any atom is -0.369 e. The van der Waals surface area contributed by atoms with Crippen LogP contribution in [0.5, 0.6) is 0 Å². The van der Waals surface area contributed by atoms with Crippen LogP contribution in [-0.2, 0) is 11.3 Å². The molecule has 0 radical (unpaired) electrons. The number of hydrogen-bond acceptors (Lipinski definition) is 4. The highest BCUT2D eigenvalue weighted by atomic mass is 16.2. The van der Waals surface area contributed by atoms with Crippen LogP contribution in [0, 0.1) is 5.92 Å². The Labute approximate surface area is 142 Å². The van der Waals surface area contributed by atoms with Gasteiger partial charge in [0.05, 0.1) is 0 Å². The molecule has 0 saturated carbocycles. The van der Waals surface area contributed by atoms with Gasteiger partial charge in [0.1, 0.15) is 5.82 Å². The first-order chi connectivity index (χ1) is 11.6. The molecule has 0 aliphatic carbocycles. The summed E-state index contributed by atoms with van der Waals surface area (Å²) in [5, 5.41) is 2.96. The molecule has 2 fully saturated rings. The van der Waals surface area contributed by atoms with Crippen LogP contribution in [0.2, 0.25) is 0 Å². The molecule has 2 aliphatic heterocycles. The summed E-state index contributed by atoms with van der Waals surface area (Å²) < 4.78 is 0. The van der Waals surface area contributed by atoms with Gasteiger partial charge in [-0.25, -0.2) is 9.78 Å². The Morgan fingerprint density at radius 1 is 1.21 bits per heavy atom. The van der Waals surface area contributed by atoms with Crippen molar-refractivity contribution in [3.8, 4) is 0 Å². The van der Waals surface area contributed by atoms with Crippen molar-refractivity contribution in [1.29, 1.82) is 0 Å². The summed E-state index contributed by atoms with van der Waals surface area (Å²) in [6.07, 6.45) is 5.52. The summed E-state index contributed by atoms with van der Waals surface area (Å²) in [4.78, 5) is 31.9. The molecule has 2 aliphatic rings. The number of piperidine rings is 1. The van der Waals surface area contributed by atoms with Crippen molar-refractivity contribution >= 4 is 17.8 Å². The third-order valence-electron chi connectivity index (χ3n) is 4.87. The van der Waals surface area contributed by atoms with E-state index in [1.54, 1.807) is 11.1 Å². The molecule has 7 nitrogen and oxygen atoms in total. The minimum atomic E-state index is -0.263. The molecule has 1 aromatic heterocycles. The lowest BCUT2D eigenvalue weighted by Gasteiger charge is -2.30. The first-order valence-electron chi connectivity index (χ1n) is 8.65. The van der Waals surface area contributed by atoms with E-state index in [-0.39, 0.29) is 17.9 Å². The lowest BCUT2D eigenvalue weighted by atomic mass is 9.96. The molecule has 130 valence electrons. The third kappa shape index (κ3) is 3.96. The SMILES string of the molecule is NC(=O)C1CCN(C(=O)NCc2ccnc(N3CCCC3)c2)CC1. The molecule has 1 aromatic rings. The van der Waals surface area contributed by atoms with Crippen LogP contribution < -0.4 is 16.0 Å². The van der Waals surface area contributed by atoms with E-state index >= 15 is 0 Å². The lowest BCUT2D eigenvalue weighted by molar-refractivity contribution is -0.123. The molecule has 7 heteroatoms. The van der Waals surface area contributed by atoms with Crippen molar-refractivity contribution in [2.75, 3.05) is 31.1 Å². The monoisotopic (exact) mass is 331 g/mol. The summed E-state index contributed by atoms with van der Waals surface area (Å²) >= 11 is 0. The molecule has 0 aromatic carbocycles. The maximum absolute atomic E-state index is 12.3. The molecule has 3 rings (SSSR count). The Balaban J connectivity index is 1.49. The number of pyridine rings is 1. The van der Waals surface area contributed by atoms with Crippen LogP contribution >= 0.6 is 0 Å². The van der Waals surface area contributed by atoms with Gasteiger partial charge in [-0.15, -0.1) is 0 Å². The van der Waals surface area contributed by atoms with Crippen LogP contribution in [-0.4, -0.2) is 48.0 Å². The summed E-state index contributed by atoms with van der Waals surface area (Å²) in [5.41, 5.74) is 6.37. The number of primary amides is 1. The van der Waals surface area contributed by atoms with Gasteiger partial charge in [-0.1, -0.05) is 0 Å². The number of amides is 3. The molecular formula is C17H25N5O2. The van der Waals surface area contributed by atoms with E-state index in [0.29, 0.717) is 32.5 Å². The minimum absolute atomic E-state index is 0.0857. The standard InChI is InChI=1S/C17H25N5O2/c18-16(23)14-4-9-22(10-5-14)17(24)20-12-13-3-6-19-15(11-13)21-7-1-2-8-21/h3,6,11,14H,1-2,4-5,7-10,12H2,(H2,18,23)(H,20,24). The second-order valence-corrected chi connectivity index (χ2v) is 6.54. The van der Waals surface area contributed by atoms with E-state index in [0.717, 1.165) is 24.5 Å². The van der Waals surface area contributed by atoms with Gasteiger partial charge in [0.25, 0.3) is 0 Å². The summed E-state index contributed by atoms with van der Waals surface area (Å²) in [6, 6.07) is 3.89. The van der Waals surface area contributed by atoms with Gasteiger partial charge in [0.15, 0.2) is 0 Å². The predicted molar refractivity (Wildman–Crippen MR) is 91.4 cm³/mol. The van der Waals surface area contributed by atoms with Gasteiger partial charge in [-0.05, 0) is 43.4 Å². The lowest BCUT2D eigenvalue weighted by Crippen LogP contribution is -2.46. The highest BCUT2D eigenvalue weighted by Gasteiger charge is 2.25. The number of carbonyl (C=O) groups excluding carboxylic acids is 2. The summed E-state index contributed by atoms with van der Waals surface area (Å²) in [6.45, 7) is 3.75. The topological polar surface area (TPSA) is 91.6 Å². The Morgan fingerprint density at radius 3 is 2.58 bits per heavy atom. The predicted octanol–water partition coefficient (Wildman–Crippen LogP) is 1.09. The molecule has 0 atom stereocenters. The fraction of sp³-hybridized carbons (Fsp3) is 0.588. The smallest absolute Gasteiger partial charge is 0.317 e. The first kappa shape index (κ1) is 16.5. The van der Waals surface area contributed by atoms with E-state index in [9.17, 15) is 9.59 Å². The quantitative estimate of drug-likeness (QED) is 0.864. The summed E-state index contributed by atoms with van der Waals surface area (Å²) in [7, 11) is 0. The van der Waals surface area contributed by atoms with Crippen molar-refractivity contribution < 1.29 is 9.59 Å². The van der Waals surface area contributed by atoms with Gasteiger partial charge in [0, 0.05) is 44.8 Å². The molecule has 0 unspecified atom stereocenters. The number of urea groups is 1. The maximum Gasteiger partial charge on any atom is 0.317 e. The Bertz CT molecular complexity index is 592. The fourth-order valence-corrected chi connectivity index (χ4v) is 3.35. The highest BCUT2D eigenvalue weighted by molar-refractivity contribution is 5.78. The molecule has 24 heavy (non-hydrogen) atoms. The number of nitrogens with one attached hydrogen (secondary N) is 1. The van der Waals surface area contributed by atoms with Gasteiger partial charge >= 0.3 is 6.03 Å². The van der Waals surface area contributed by atoms with Gasteiger partial charge < -0.3 is 20.9 Å². The van der Waals surface area contributed by atoms with E-state index in [1.165, 1.54) is 12.8 Å². The number of hydrogen-bond donors (Lipinski definition) is 2. The van der Waals surface area contributed by atoms with Crippen LogP contribution in [0.1, 0.15) is 31.2 Å². The molecular weight excluding hydrogens is 306 g/mol. The number of carbonyl (C=O) groups is 2. The van der Waals surface area contributed by atoms with Crippen molar-refractivity contribution in [2.24, 2.45) is 11.7 Å². The van der Waals surface area contributed by atoms with Gasteiger partial charge in [0.2, 0.25) is 5.91 Å². The maximum atomic E-state index is 12.3. The zero-order chi connectivity index (χ0) is 16.9. The van der Waals surface area contributed by atoms with Gasteiger partial charge in [-0.2, -0.15) is 0 Å². The number of nitrogens with two attached hydrogens (primary N) is 1. The number of anilines is 1. The van der Waals surface area contributed by atoms with E-state index in [2.05, 4.69) is 15.2 Å². The normalized spacial score (nSPS) is 18.7. The average molecular weight is 331 g/mol. The number of nitrogens with zero attached hydrogens (tertiary/aromatic N) is 3. The molecule has 0 bridgehead atoms. The number of likely N-dealkylation sites (tertiary alicyclic amines) is 1. The van der Waals surface area contributed by atoms with Crippen molar-refractivity contribution in [3.05, 3.63) is 23.9 Å². The fourth-order valence-electron chi connectivity index (χ4n) is 3.35. The van der Waals surface area contributed by atoms with E-state index in [1.807, 2.05) is 12.1 Å². The van der Waals surface area contributed by atoms with Gasteiger partial charge in [-0.3, -0.25) is 4.79 Å². The number of aromatic nitrogens is 1. The van der Waals surface area contributed by atoms with Crippen LogP contribution in [0.15, 0.2) is 18.3 Å². The van der Waals surface area contributed by atoms with Crippen molar-refractivity contribution in [1.82, 2.24) is 15.2 Å². The Kier molecular flexibility index (Phi) is 5.17. The first-order valence-corrected chi connectivity index (χ1v) is 8.65. The third-order valence-corrected chi connectivity index (χ3v) is 4.87. The second-order valence-electron chi connectivity index (χ2n) is 6.54. The van der Waals surface area contributed by atoms with Crippen molar-refractivity contribution in [2.45, 2.75) is 32.2 Å². The average Bonchev–Trinajstić information content (AvgIpc) is 3.15. The second kappa shape index (κ2) is 7.51. The van der Waals surface area contributed by atoms with Crippen molar-refractivity contribution in [3.63, 3.8) is 0 Å². The number of rotatable bonds is 4. The molecule has 3 N–H and O–H groups in total. The molecule has 3 heterocycles. The Morgan fingerprint density at radius 2 is 1.92 bits per heavy atom. The highest BCUT2D eigenvalue weighted by Crippen LogP contribution is 2.19. The molecule has 2 saturated heterocycles. The summed E-state index contributed by atoms with van der Waals surface area (Å²) in [5.74, 6) is 0.625. The van der Waals surface area contributed by atoms with Crippen LogP contribution in [0.3, 0.4) is 0 Å².